The summed E-state index contributed by atoms with van der Waals surface area (Å²) in [4.78, 5) is 9.26. The predicted octanol–water partition coefficient (Wildman–Crippen LogP) is 6.38. The number of aromatic nitrogens is 2. The van der Waals surface area contributed by atoms with Crippen LogP contribution in [0.1, 0.15) is 0 Å². The van der Waals surface area contributed by atoms with Crippen molar-refractivity contribution in [2.24, 2.45) is 0 Å². The molecule has 0 atom stereocenters. The van der Waals surface area contributed by atoms with Crippen LogP contribution in [0.15, 0.2) is 93.8 Å². The van der Waals surface area contributed by atoms with Gasteiger partial charge in [-0.3, -0.25) is 0 Å². The van der Waals surface area contributed by atoms with Crippen molar-refractivity contribution in [1.29, 1.82) is 0 Å². The average molecular weight is 420 g/mol. The van der Waals surface area contributed by atoms with E-state index in [0.29, 0.717) is 33.3 Å². The summed E-state index contributed by atoms with van der Waals surface area (Å²) in [5.41, 5.74) is 5.16. The molecule has 0 bridgehead atoms. The molecule has 0 aliphatic heterocycles. The maximum absolute atomic E-state index is 10.3. The molecule has 0 radical (unpaired) electrons. The van der Waals surface area contributed by atoms with Gasteiger partial charge in [0.2, 0.25) is 0 Å². The predicted molar refractivity (Wildman–Crippen MR) is 121 cm³/mol. The molecule has 0 spiro atoms. The fourth-order valence-corrected chi connectivity index (χ4v) is 3.92. The summed E-state index contributed by atoms with van der Waals surface area (Å²) in [6.07, 6.45) is 0. The van der Waals surface area contributed by atoms with Crippen LogP contribution in [0, 0.1) is 0 Å². The summed E-state index contributed by atoms with van der Waals surface area (Å²) in [6, 6.07) is 25.3. The van der Waals surface area contributed by atoms with E-state index >= 15 is 0 Å². The first-order valence-electron chi connectivity index (χ1n) is 10.1. The van der Waals surface area contributed by atoms with Gasteiger partial charge in [0.1, 0.15) is 22.5 Å². The van der Waals surface area contributed by atoms with E-state index in [1.165, 1.54) is 0 Å². The molecule has 0 unspecified atom stereocenters. The number of phenols is 2. The molecule has 6 heteroatoms. The van der Waals surface area contributed by atoms with E-state index in [4.69, 9.17) is 8.83 Å². The summed E-state index contributed by atoms with van der Waals surface area (Å²) in [7, 11) is 0. The maximum atomic E-state index is 10.3. The van der Waals surface area contributed by atoms with Crippen LogP contribution in [-0.2, 0) is 0 Å². The van der Waals surface area contributed by atoms with Gasteiger partial charge < -0.3 is 19.0 Å². The lowest BCUT2D eigenvalue weighted by atomic mass is 10.0. The van der Waals surface area contributed by atoms with Gasteiger partial charge in [0.05, 0.1) is 0 Å². The average Bonchev–Trinajstić information content (AvgIpc) is 3.44. The molecular weight excluding hydrogens is 404 g/mol. The zero-order valence-corrected chi connectivity index (χ0v) is 16.7. The standard InChI is InChI=1S/C26H16N2O4/c29-19-11-3-1-7-15(19)17-9-5-13-21-23(17)27-25(31-21)26-28-24-18(10-6-14-22(24)32-26)16-8-2-4-12-20(16)30/h1-14,29-30H. The summed E-state index contributed by atoms with van der Waals surface area (Å²) < 4.78 is 11.9. The molecule has 6 rings (SSSR count). The van der Waals surface area contributed by atoms with Crippen molar-refractivity contribution >= 4 is 22.2 Å². The van der Waals surface area contributed by atoms with Crippen molar-refractivity contribution < 1.29 is 19.0 Å². The third kappa shape index (κ3) is 2.81. The molecule has 0 amide bonds. The van der Waals surface area contributed by atoms with Gasteiger partial charge in [-0.05, 0) is 24.3 Å². The number of nitrogens with zero attached hydrogens (tertiary/aromatic N) is 2. The van der Waals surface area contributed by atoms with Gasteiger partial charge in [-0.15, -0.1) is 0 Å². The Morgan fingerprint density at radius 1 is 0.469 bits per heavy atom. The molecule has 0 saturated heterocycles. The van der Waals surface area contributed by atoms with Crippen molar-refractivity contribution in [2.75, 3.05) is 0 Å². The fourth-order valence-electron chi connectivity index (χ4n) is 3.92. The van der Waals surface area contributed by atoms with Crippen LogP contribution in [0.2, 0.25) is 0 Å². The van der Waals surface area contributed by atoms with Crippen LogP contribution in [0.3, 0.4) is 0 Å². The van der Waals surface area contributed by atoms with Crippen LogP contribution in [0.5, 0.6) is 11.5 Å². The normalized spacial score (nSPS) is 11.4. The minimum absolute atomic E-state index is 0.165. The number of aromatic hydroxyl groups is 2. The molecule has 0 saturated carbocycles. The molecule has 2 N–H and O–H groups in total. The first-order valence-corrected chi connectivity index (χ1v) is 10.1. The maximum Gasteiger partial charge on any atom is 0.284 e. The van der Waals surface area contributed by atoms with Crippen LogP contribution >= 0.6 is 0 Å². The number of rotatable bonds is 3. The van der Waals surface area contributed by atoms with E-state index < -0.39 is 0 Å². The summed E-state index contributed by atoms with van der Waals surface area (Å²) >= 11 is 0. The molecule has 6 aromatic rings. The SMILES string of the molecule is Oc1ccccc1-c1cccc2oc(-c3nc4c(-c5ccccc5O)cccc4o3)nc12. The summed E-state index contributed by atoms with van der Waals surface area (Å²) in [5.74, 6) is 0.807. The van der Waals surface area contributed by atoms with Crippen molar-refractivity contribution in [3.63, 3.8) is 0 Å². The Balaban J connectivity index is 1.52. The van der Waals surface area contributed by atoms with Gasteiger partial charge in [0.15, 0.2) is 11.2 Å². The lowest BCUT2D eigenvalue weighted by Gasteiger charge is -2.04. The van der Waals surface area contributed by atoms with Crippen LogP contribution < -0.4 is 0 Å². The molecule has 154 valence electrons. The zero-order valence-electron chi connectivity index (χ0n) is 16.7. The number of oxazole rings is 2. The lowest BCUT2D eigenvalue weighted by molar-refractivity contribution is 0.477. The van der Waals surface area contributed by atoms with E-state index in [0.717, 1.165) is 11.1 Å². The smallest absolute Gasteiger partial charge is 0.284 e. The van der Waals surface area contributed by atoms with Gasteiger partial charge in [0, 0.05) is 22.3 Å². The molecule has 32 heavy (non-hydrogen) atoms. The van der Waals surface area contributed by atoms with Crippen LogP contribution in [0.4, 0.5) is 0 Å². The van der Waals surface area contributed by atoms with Crippen LogP contribution in [0.25, 0.3) is 56.2 Å². The molecule has 0 aliphatic carbocycles. The highest BCUT2D eigenvalue weighted by Crippen LogP contribution is 2.38. The molecular formula is C26H16N2O4. The second kappa shape index (κ2) is 6.99. The number of hydrogen-bond donors (Lipinski definition) is 2. The summed E-state index contributed by atoms with van der Waals surface area (Å²) in [6.45, 7) is 0. The highest BCUT2D eigenvalue weighted by molar-refractivity contribution is 5.95. The summed E-state index contributed by atoms with van der Waals surface area (Å²) in [5, 5.41) is 20.6. The highest BCUT2D eigenvalue weighted by Gasteiger charge is 2.20. The van der Waals surface area contributed by atoms with Gasteiger partial charge in [0.25, 0.3) is 11.8 Å². The first kappa shape index (κ1) is 18.2. The van der Waals surface area contributed by atoms with E-state index in [-0.39, 0.29) is 23.3 Å². The number of para-hydroxylation sites is 4. The van der Waals surface area contributed by atoms with E-state index in [9.17, 15) is 10.2 Å². The Kier molecular flexibility index (Phi) is 3.98. The largest absolute Gasteiger partial charge is 0.507 e. The number of phenolic OH excluding ortho intramolecular Hbond substituents is 2. The Bertz CT molecular complexity index is 1490. The Morgan fingerprint density at radius 3 is 1.31 bits per heavy atom. The zero-order chi connectivity index (χ0) is 21.7. The van der Waals surface area contributed by atoms with Gasteiger partial charge in [-0.1, -0.05) is 60.7 Å². The van der Waals surface area contributed by atoms with E-state index in [1.807, 2.05) is 60.7 Å². The first-order chi connectivity index (χ1) is 15.7. The Labute approximate surface area is 182 Å². The fraction of sp³-hybridized carbons (Fsp3) is 0. The third-order valence-electron chi connectivity index (χ3n) is 5.41. The topological polar surface area (TPSA) is 92.5 Å². The molecule has 0 aliphatic rings. The molecule has 6 nitrogen and oxygen atoms in total. The lowest BCUT2D eigenvalue weighted by Crippen LogP contribution is -1.83. The second-order valence-electron chi connectivity index (χ2n) is 7.38. The van der Waals surface area contributed by atoms with E-state index in [1.54, 1.807) is 24.3 Å². The Hall–Kier alpha value is -4.58. The number of hydrogen-bond acceptors (Lipinski definition) is 6. The van der Waals surface area contributed by atoms with Crippen molar-refractivity contribution in [3.05, 3.63) is 84.9 Å². The minimum Gasteiger partial charge on any atom is -0.507 e. The quantitative estimate of drug-likeness (QED) is 0.345. The minimum atomic E-state index is 0.165. The number of fused-ring (bicyclic) bond motifs is 2. The molecule has 2 aromatic heterocycles. The van der Waals surface area contributed by atoms with Crippen molar-refractivity contribution in [2.45, 2.75) is 0 Å². The van der Waals surface area contributed by atoms with Crippen molar-refractivity contribution in [1.82, 2.24) is 9.97 Å². The van der Waals surface area contributed by atoms with Gasteiger partial charge >= 0.3 is 0 Å². The number of benzene rings is 4. The highest BCUT2D eigenvalue weighted by atomic mass is 16.4. The second-order valence-corrected chi connectivity index (χ2v) is 7.38. The van der Waals surface area contributed by atoms with Crippen LogP contribution in [-0.4, -0.2) is 20.2 Å². The van der Waals surface area contributed by atoms with Gasteiger partial charge in [-0.25, -0.2) is 9.97 Å². The third-order valence-corrected chi connectivity index (χ3v) is 5.41. The molecule has 4 aromatic carbocycles. The monoisotopic (exact) mass is 420 g/mol. The molecule has 2 heterocycles. The Morgan fingerprint density at radius 2 is 0.875 bits per heavy atom. The van der Waals surface area contributed by atoms with Crippen molar-refractivity contribution in [3.8, 4) is 45.5 Å². The van der Waals surface area contributed by atoms with Gasteiger partial charge in [-0.2, -0.15) is 0 Å². The molecule has 0 fully saturated rings. The van der Waals surface area contributed by atoms with E-state index in [2.05, 4.69) is 9.97 Å².